The van der Waals surface area contributed by atoms with Crippen LogP contribution in [-0.2, 0) is 10.0 Å². The highest BCUT2D eigenvalue weighted by Crippen LogP contribution is 2.19. The third-order valence-corrected chi connectivity index (χ3v) is 4.36. The maximum Gasteiger partial charge on any atom is 0.211 e. The van der Waals surface area contributed by atoms with Crippen LogP contribution in [0.3, 0.4) is 0 Å². The molecule has 0 amide bonds. The van der Waals surface area contributed by atoms with E-state index in [-0.39, 0.29) is 11.8 Å². The van der Waals surface area contributed by atoms with Crippen molar-refractivity contribution >= 4 is 21.6 Å². The van der Waals surface area contributed by atoms with Crippen molar-refractivity contribution in [1.29, 1.82) is 0 Å². The van der Waals surface area contributed by atoms with Gasteiger partial charge < -0.3 is 5.11 Å². The first-order valence-corrected chi connectivity index (χ1v) is 7.48. The molecule has 0 aliphatic heterocycles. The minimum absolute atomic E-state index is 0.0414. The average molecular weight is 256 g/mol. The molecule has 0 spiro atoms. The monoisotopic (exact) mass is 255 g/mol. The summed E-state index contributed by atoms with van der Waals surface area (Å²) in [5, 5.41) is 9.60. The lowest BCUT2D eigenvalue weighted by Gasteiger charge is -2.28. The number of nitrogens with one attached hydrogen (secondary N) is 1. The number of alkyl halides is 1. The molecule has 1 saturated carbocycles. The van der Waals surface area contributed by atoms with Crippen LogP contribution in [0, 0.1) is 0 Å². The third-order valence-electron chi connectivity index (χ3n) is 2.61. The van der Waals surface area contributed by atoms with Gasteiger partial charge >= 0.3 is 0 Å². The minimum atomic E-state index is -3.27. The summed E-state index contributed by atoms with van der Waals surface area (Å²) in [5.41, 5.74) is 0. The number of aliphatic hydroxyl groups excluding tert-OH is 1. The van der Waals surface area contributed by atoms with Crippen LogP contribution in [0.15, 0.2) is 0 Å². The van der Waals surface area contributed by atoms with Crippen LogP contribution in [-0.4, -0.2) is 37.3 Å². The second kappa shape index (κ2) is 6.03. The van der Waals surface area contributed by atoms with E-state index < -0.39 is 16.1 Å². The fraction of sp³-hybridized carbons (Fsp3) is 1.00. The smallest absolute Gasteiger partial charge is 0.211 e. The molecule has 1 aliphatic carbocycles. The van der Waals surface area contributed by atoms with Crippen LogP contribution in [0.2, 0.25) is 0 Å². The topological polar surface area (TPSA) is 66.4 Å². The van der Waals surface area contributed by atoms with Gasteiger partial charge in [-0.2, -0.15) is 0 Å². The van der Waals surface area contributed by atoms with Gasteiger partial charge in [0.15, 0.2) is 0 Å². The number of aliphatic hydroxyl groups is 1. The summed E-state index contributed by atoms with van der Waals surface area (Å²) in [4.78, 5) is 0. The van der Waals surface area contributed by atoms with Crippen molar-refractivity contribution in [2.45, 2.75) is 44.2 Å². The highest BCUT2D eigenvalue weighted by molar-refractivity contribution is 7.89. The highest BCUT2D eigenvalue weighted by atomic mass is 35.5. The highest BCUT2D eigenvalue weighted by Gasteiger charge is 2.26. The Morgan fingerprint density at radius 1 is 1.33 bits per heavy atom. The maximum atomic E-state index is 11.5. The molecule has 0 aromatic carbocycles. The number of hydrogen-bond donors (Lipinski definition) is 2. The second-order valence-electron chi connectivity index (χ2n) is 3.94. The molecular formula is C9H18ClNO3S. The molecule has 0 bridgehead atoms. The third kappa shape index (κ3) is 4.68. The van der Waals surface area contributed by atoms with E-state index in [4.69, 9.17) is 11.6 Å². The zero-order chi connectivity index (χ0) is 11.3. The molecule has 15 heavy (non-hydrogen) atoms. The van der Waals surface area contributed by atoms with Crippen molar-refractivity contribution in [1.82, 2.24) is 4.72 Å². The molecule has 0 radical (unpaired) electrons. The molecule has 0 heterocycles. The minimum Gasteiger partial charge on any atom is -0.391 e. The summed E-state index contributed by atoms with van der Waals surface area (Å²) in [6.07, 6.45) is 3.26. The van der Waals surface area contributed by atoms with Gasteiger partial charge in [0, 0.05) is 11.9 Å². The fourth-order valence-corrected chi connectivity index (χ4v) is 3.45. The molecule has 90 valence electrons. The van der Waals surface area contributed by atoms with Crippen LogP contribution in [0.4, 0.5) is 0 Å². The van der Waals surface area contributed by atoms with Crippen molar-refractivity contribution in [3.05, 3.63) is 0 Å². The molecule has 0 aromatic heterocycles. The second-order valence-corrected chi connectivity index (χ2v) is 6.19. The number of hydrogen-bond acceptors (Lipinski definition) is 3. The fourth-order valence-electron chi connectivity index (χ4n) is 1.78. The Balaban J connectivity index is 2.44. The van der Waals surface area contributed by atoms with Crippen molar-refractivity contribution in [2.24, 2.45) is 0 Å². The van der Waals surface area contributed by atoms with E-state index in [1.165, 1.54) is 0 Å². The lowest BCUT2D eigenvalue weighted by molar-refractivity contribution is 0.101. The van der Waals surface area contributed by atoms with Crippen molar-refractivity contribution < 1.29 is 13.5 Å². The van der Waals surface area contributed by atoms with E-state index in [0.717, 1.165) is 19.3 Å². The van der Waals surface area contributed by atoms with Gasteiger partial charge in [-0.3, -0.25) is 0 Å². The maximum absolute atomic E-state index is 11.5. The Morgan fingerprint density at radius 3 is 2.60 bits per heavy atom. The van der Waals surface area contributed by atoms with Gasteiger partial charge in [-0.25, -0.2) is 13.1 Å². The van der Waals surface area contributed by atoms with Gasteiger partial charge in [-0.05, 0) is 19.3 Å². The first-order valence-electron chi connectivity index (χ1n) is 5.29. The largest absolute Gasteiger partial charge is 0.391 e. The lowest BCUT2D eigenvalue weighted by Crippen LogP contribution is -2.45. The summed E-state index contributed by atoms with van der Waals surface area (Å²) in [6, 6.07) is -0.306. The predicted octanol–water partition coefficient (Wildman–Crippen LogP) is 0.838. The van der Waals surface area contributed by atoms with E-state index in [0.29, 0.717) is 18.7 Å². The van der Waals surface area contributed by atoms with Gasteiger partial charge in [-0.15, -0.1) is 11.6 Å². The standard InChI is InChI=1S/C9H18ClNO3S/c10-6-3-7-15(13,14)11-8-4-1-2-5-9(8)12/h8-9,11-12H,1-7H2/t8-,9-/m1/s1. The number of halogens is 1. The van der Waals surface area contributed by atoms with Crippen molar-refractivity contribution in [3.63, 3.8) is 0 Å². The zero-order valence-electron chi connectivity index (χ0n) is 8.65. The molecule has 4 nitrogen and oxygen atoms in total. The Morgan fingerprint density at radius 2 is 2.00 bits per heavy atom. The molecule has 1 rings (SSSR count). The normalized spacial score (nSPS) is 27.9. The van der Waals surface area contributed by atoms with Gasteiger partial charge in [0.05, 0.1) is 11.9 Å². The van der Waals surface area contributed by atoms with Crippen LogP contribution in [0.1, 0.15) is 32.1 Å². The van der Waals surface area contributed by atoms with Gasteiger partial charge in [0.2, 0.25) is 10.0 Å². The van der Waals surface area contributed by atoms with Gasteiger partial charge in [-0.1, -0.05) is 12.8 Å². The SMILES string of the molecule is O=S(=O)(CCCCl)N[C@@H]1CCCC[C@H]1O. The van der Waals surface area contributed by atoms with Gasteiger partial charge in [0.25, 0.3) is 0 Å². The van der Waals surface area contributed by atoms with Crippen molar-refractivity contribution in [2.75, 3.05) is 11.6 Å². The molecule has 2 atom stereocenters. The molecule has 1 aliphatic rings. The molecule has 0 saturated heterocycles. The van der Waals surface area contributed by atoms with E-state index in [1.54, 1.807) is 0 Å². The van der Waals surface area contributed by atoms with Crippen LogP contribution >= 0.6 is 11.6 Å². The predicted molar refractivity (Wildman–Crippen MR) is 60.5 cm³/mol. The number of sulfonamides is 1. The summed E-state index contributed by atoms with van der Waals surface area (Å²) in [7, 11) is -3.27. The molecule has 0 aromatic rings. The Bertz CT molecular complexity index is 281. The van der Waals surface area contributed by atoms with Crippen LogP contribution in [0.5, 0.6) is 0 Å². The molecule has 0 unspecified atom stereocenters. The molecule has 2 N–H and O–H groups in total. The van der Waals surface area contributed by atoms with Crippen LogP contribution < -0.4 is 4.72 Å². The average Bonchev–Trinajstić information content (AvgIpc) is 2.18. The van der Waals surface area contributed by atoms with E-state index >= 15 is 0 Å². The van der Waals surface area contributed by atoms with E-state index in [9.17, 15) is 13.5 Å². The zero-order valence-corrected chi connectivity index (χ0v) is 10.2. The summed E-state index contributed by atoms with van der Waals surface area (Å²) >= 11 is 5.44. The van der Waals surface area contributed by atoms with Crippen molar-refractivity contribution in [3.8, 4) is 0 Å². The Hall–Kier alpha value is 0.160. The summed E-state index contributed by atoms with van der Waals surface area (Å²) in [6.45, 7) is 0. The molecular weight excluding hydrogens is 238 g/mol. The Kier molecular flexibility index (Phi) is 5.32. The quantitative estimate of drug-likeness (QED) is 0.716. The first-order chi connectivity index (χ1) is 7.05. The van der Waals surface area contributed by atoms with Crippen LogP contribution in [0.25, 0.3) is 0 Å². The first kappa shape index (κ1) is 13.2. The van der Waals surface area contributed by atoms with Gasteiger partial charge in [0.1, 0.15) is 0 Å². The molecule has 1 fully saturated rings. The lowest BCUT2D eigenvalue weighted by atomic mass is 9.93. The molecule has 6 heteroatoms. The summed E-state index contributed by atoms with van der Waals surface area (Å²) < 4.78 is 25.6. The Labute approximate surface area is 96.1 Å². The van der Waals surface area contributed by atoms with E-state index in [2.05, 4.69) is 4.72 Å². The number of rotatable bonds is 5. The summed E-state index contributed by atoms with van der Waals surface area (Å²) in [5.74, 6) is 0.383. The van der Waals surface area contributed by atoms with E-state index in [1.807, 2.05) is 0 Å².